The highest BCUT2D eigenvalue weighted by molar-refractivity contribution is 7.86. The Labute approximate surface area is 144 Å². The van der Waals surface area contributed by atoms with Gasteiger partial charge in [0, 0.05) is 26.7 Å². The van der Waals surface area contributed by atoms with E-state index in [4.69, 9.17) is 5.11 Å². The van der Waals surface area contributed by atoms with Crippen LogP contribution in [0.4, 0.5) is 0 Å². The van der Waals surface area contributed by atoms with Gasteiger partial charge in [-0.2, -0.15) is 17.0 Å². The van der Waals surface area contributed by atoms with Crippen LogP contribution in [0.25, 0.3) is 0 Å². The van der Waals surface area contributed by atoms with Crippen LogP contribution in [0.5, 0.6) is 0 Å². The van der Waals surface area contributed by atoms with E-state index in [1.807, 2.05) is 6.92 Å². The predicted octanol–water partition coefficient (Wildman–Crippen LogP) is 1.90. The molecule has 1 fully saturated rings. The molecule has 0 bridgehead atoms. The molecule has 1 aromatic rings. The standard InChI is InChI=1S/C17H26N2O4S/c1-14-5-7-15(8-6-14)12-16-4-3-10-19(13-16)24(22,23)18(2)11-9-17(20)21/h5-8,16H,3-4,9-13H2,1-2H3,(H,20,21). The molecule has 0 aromatic heterocycles. The number of piperidine rings is 1. The second-order valence-corrected chi connectivity index (χ2v) is 8.56. The third-order valence-corrected chi connectivity index (χ3v) is 6.44. The van der Waals surface area contributed by atoms with Gasteiger partial charge in [-0.05, 0) is 37.7 Å². The van der Waals surface area contributed by atoms with Crippen LogP contribution in [-0.2, 0) is 21.4 Å². The number of carboxylic acid groups (broad SMARTS) is 1. The fourth-order valence-electron chi connectivity index (χ4n) is 3.03. The van der Waals surface area contributed by atoms with Crippen LogP contribution in [0.2, 0.25) is 0 Å². The third-order valence-electron chi connectivity index (χ3n) is 4.49. The lowest BCUT2D eigenvalue weighted by Gasteiger charge is -2.34. The number of rotatable bonds is 7. The Balaban J connectivity index is 1.98. The van der Waals surface area contributed by atoms with Crippen LogP contribution >= 0.6 is 0 Å². The Morgan fingerprint density at radius 1 is 1.33 bits per heavy atom. The van der Waals surface area contributed by atoms with E-state index in [1.165, 1.54) is 22.5 Å². The molecule has 2 rings (SSSR count). The van der Waals surface area contributed by atoms with Crippen molar-refractivity contribution >= 4 is 16.2 Å². The number of benzene rings is 1. The highest BCUT2D eigenvalue weighted by atomic mass is 32.2. The van der Waals surface area contributed by atoms with Gasteiger partial charge in [0.05, 0.1) is 6.42 Å². The van der Waals surface area contributed by atoms with Crippen molar-refractivity contribution in [2.75, 3.05) is 26.7 Å². The lowest BCUT2D eigenvalue weighted by Crippen LogP contribution is -2.47. The smallest absolute Gasteiger partial charge is 0.304 e. The SMILES string of the molecule is Cc1ccc(CC2CCCN(S(=O)(=O)N(C)CCC(=O)O)C2)cc1. The molecule has 1 N–H and O–H groups in total. The molecule has 6 nitrogen and oxygen atoms in total. The zero-order valence-corrected chi connectivity index (χ0v) is 15.1. The van der Waals surface area contributed by atoms with Crippen LogP contribution in [-0.4, -0.2) is 54.8 Å². The van der Waals surface area contributed by atoms with E-state index >= 15 is 0 Å². The summed E-state index contributed by atoms with van der Waals surface area (Å²) in [4.78, 5) is 10.7. The van der Waals surface area contributed by atoms with Gasteiger partial charge in [0.1, 0.15) is 0 Å². The van der Waals surface area contributed by atoms with Gasteiger partial charge in [-0.3, -0.25) is 4.79 Å². The quantitative estimate of drug-likeness (QED) is 0.811. The normalized spacial score (nSPS) is 19.5. The van der Waals surface area contributed by atoms with Gasteiger partial charge in [-0.1, -0.05) is 29.8 Å². The van der Waals surface area contributed by atoms with Crippen LogP contribution in [0, 0.1) is 12.8 Å². The van der Waals surface area contributed by atoms with E-state index in [0.717, 1.165) is 23.6 Å². The molecule has 0 saturated carbocycles. The van der Waals surface area contributed by atoms with Crippen molar-refractivity contribution in [2.24, 2.45) is 5.92 Å². The molecule has 1 aliphatic heterocycles. The Hall–Kier alpha value is -1.44. The van der Waals surface area contributed by atoms with Crippen molar-refractivity contribution < 1.29 is 18.3 Å². The van der Waals surface area contributed by atoms with E-state index in [1.54, 1.807) is 0 Å². The molecule has 7 heteroatoms. The monoisotopic (exact) mass is 354 g/mol. The highest BCUT2D eigenvalue weighted by Crippen LogP contribution is 2.24. The maximum atomic E-state index is 12.6. The van der Waals surface area contributed by atoms with Crippen molar-refractivity contribution in [1.29, 1.82) is 0 Å². The first-order valence-electron chi connectivity index (χ1n) is 8.28. The third kappa shape index (κ3) is 5.03. The summed E-state index contributed by atoms with van der Waals surface area (Å²) in [6, 6.07) is 8.35. The second-order valence-electron chi connectivity index (χ2n) is 6.53. The molecule has 0 amide bonds. The summed E-state index contributed by atoms with van der Waals surface area (Å²) < 4.78 is 27.8. The van der Waals surface area contributed by atoms with E-state index in [-0.39, 0.29) is 13.0 Å². The minimum absolute atomic E-state index is 0.00318. The number of carbonyl (C=O) groups is 1. The number of aliphatic carboxylic acids is 1. The van der Waals surface area contributed by atoms with E-state index in [9.17, 15) is 13.2 Å². The average molecular weight is 354 g/mol. The molecular formula is C17H26N2O4S. The van der Waals surface area contributed by atoms with Gasteiger partial charge in [0.2, 0.25) is 0 Å². The van der Waals surface area contributed by atoms with E-state index < -0.39 is 16.2 Å². The lowest BCUT2D eigenvalue weighted by atomic mass is 9.92. The number of carboxylic acids is 1. The van der Waals surface area contributed by atoms with Gasteiger partial charge in [-0.25, -0.2) is 0 Å². The van der Waals surface area contributed by atoms with Gasteiger partial charge in [0.15, 0.2) is 0 Å². The molecule has 1 atom stereocenters. The molecule has 134 valence electrons. The van der Waals surface area contributed by atoms with E-state index in [0.29, 0.717) is 19.0 Å². The van der Waals surface area contributed by atoms with Gasteiger partial charge in [0.25, 0.3) is 10.2 Å². The number of hydrogen-bond acceptors (Lipinski definition) is 3. The number of hydrogen-bond donors (Lipinski definition) is 1. The average Bonchev–Trinajstić information content (AvgIpc) is 2.55. The Bertz CT molecular complexity index is 658. The molecule has 0 aliphatic carbocycles. The molecule has 24 heavy (non-hydrogen) atoms. The van der Waals surface area contributed by atoms with Crippen molar-refractivity contribution in [3.8, 4) is 0 Å². The molecule has 1 aromatic carbocycles. The lowest BCUT2D eigenvalue weighted by molar-refractivity contribution is -0.137. The first kappa shape index (κ1) is 18.9. The summed E-state index contributed by atoms with van der Waals surface area (Å²) in [6.07, 6.45) is 2.53. The van der Waals surface area contributed by atoms with Crippen LogP contribution in [0.1, 0.15) is 30.4 Å². The van der Waals surface area contributed by atoms with Crippen LogP contribution in [0.3, 0.4) is 0 Å². The summed E-state index contributed by atoms with van der Waals surface area (Å²) in [7, 11) is -2.14. The van der Waals surface area contributed by atoms with Crippen molar-refractivity contribution in [3.05, 3.63) is 35.4 Å². The predicted molar refractivity (Wildman–Crippen MR) is 93.0 cm³/mol. The summed E-state index contributed by atoms with van der Waals surface area (Å²) >= 11 is 0. The fourth-order valence-corrected chi connectivity index (χ4v) is 4.50. The van der Waals surface area contributed by atoms with Crippen LogP contribution in [0.15, 0.2) is 24.3 Å². The highest BCUT2D eigenvalue weighted by Gasteiger charge is 2.31. The zero-order valence-electron chi connectivity index (χ0n) is 14.3. The maximum absolute atomic E-state index is 12.6. The summed E-state index contributed by atoms with van der Waals surface area (Å²) in [5, 5.41) is 8.73. The van der Waals surface area contributed by atoms with Crippen molar-refractivity contribution in [2.45, 2.75) is 32.6 Å². The minimum Gasteiger partial charge on any atom is -0.481 e. The topological polar surface area (TPSA) is 77.9 Å². The fraction of sp³-hybridized carbons (Fsp3) is 0.588. The van der Waals surface area contributed by atoms with E-state index in [2.05, 4.69) is 24.3 Å². The first-order chi connectivity index (χ1) is 11.3. The molecule has 1 saturated heterocycles. The largest absolute Gasteiger partial charge is 0.481 e. The molecule has 1 unspecified atom stereocenters. The second kappa shape index (κ2) is 8.09. The maximum Gasteiger partial charge on any atom is 0.304 e. The summed E-state index contributed by atoms with van der Waals surface area (Å²) in [5.41, 5.74) is 2.44. The van der Waals surface area contributed by atoms with Gasteiger partial charge < -0.3 is 5.11 Å². The molecule has 0 spiro atoms. The summed E-state index contributed by atoms with van der Waals surface area (Å²) in [6.45, 7) is 3.04. The Morgan fingerprint density at radius 3 is 2.62 bits per heavy atom. The Kier molecular flexibility index (Phi) is 6.37. The molecule has 1 aliphatic rings. The number of nitrogens with zero attached hydrogens (tertiary/aromatic N) is 2. The van der Waals surface area contributed by atoms with Gasteiger partial charge >= 0.3 is 5.97 Å². The summed E-state index contributed by atoms with van der Waals surface area (Å²) in [5.74, 6) is -0.697. The molecule has 1 heterocycles. The first-order valence-corrected chi connectivity index (χ1v) is 9.67. The molecular weight excluding hydrogens is 328 g/mol. The molecule has 0 radical (unpaired) electrons. The van der Waals surface area contributed by atoms with Gasteiger partial charge in [-0.15, -0.1) is 0 Å². The van der Waals surface area contributed by atoms with Crippen LogP contribution < -0.4 is 0 Å². The van der Waals surface area contributed by atoms with Crippen molar-refractivity contribution in [3.63, 3.8) is 0 Å². The number of aryl methyl sites for hydroxylation is 1. The minimum atomic E-state index is -3.59. The van der Waals surface area contributed by atoms with Crippen molar-refractivity contribution in [1.82, 2.24) is 8.61 Å². The zero-order chi connectivity index (χ0) is 17.7. The Morgan fingerprint density at radius 2 is 2.00 bits per heavy atom.